The Kier molecular flexibility index (Phi) is 4.79. The monoisotopic (exact) mass is 331 g/mol. The fourth-order valence-electron chi connectivity index (χ4n) is 2.17. The smallest absolute Gasteiger partial charge is 0.451 e. The third-order valence-electron chi connectivity index (χ3n) is 3.24. The molecular weight excluding hydrogens is 315 g/mol. The number of likely N-dealkylation sites (N-methyl/N-ethyl adjacent to an activating group) is 1. The molecule has 0 unspecified atom stereocenters. The van der Waals surface area contributed by atoms with Gasteiger partial charge in [-0.05, 0) is 12.1 Å². The molecule has 0 saturated carbocycles. The molecule has 126 valence electrons. The van der Waals surface area contributed by atoms with Crippen LogP contribution in [0.25, 0.3) is 10.9 Å². The van der Waals surface area contributed by atoms with Gasteiger partial charge in [0.2, 0.25) is 5.82 Å². The van der Waals surface area contributed by atoms with E-state index in [1.807, 2.05) is 0 Å². The van der Waals surface area contributed by atoms with Gasteiger partial charge in [-0.15, -0.1) is 0 Å². The molecule has 0 aliphatic carbocycles. The lowest BCUT2D eigenvalue weighted by Crippen LogP contribution is -2.24. The van der Waals surface area contributed by atoms with Crippen molar-refractivity contribution in [1.82, 2.24) is 9.97 Å². The molecule has 0 bridgehead atoms. The molecule has 0 spiro atoms. The Morgan fingerprint density at radius 3 is 2.39 bits per heavy atom. The van der Waals surface area contributed by atoms with Gasteiger partial charge in [-0.3, -0.25) is 0 Å². The van der Waals surface area contributed by atoms with Gasteiger partial charge in [0.1, 0.15) is 11.3 Å². The first-order chi connectivity index (χ1) is 10.8. The predicted molar refractivity (Wildman–Crippen MR) is 78.0 cm³/mol. The normalized spacial score (nSPS) is 11.6. The summed E-state index contributed by atoms with van der Waals surface area (Å²) in [6, 6.07) is 3.12. The molecule has 0 saturated heterocycles. The average molecular weight is 331 g/mol. The summed E-state index contributed by atoms with van der Waals surface area (Å²) in [6.45, 7) is -0.103. The number of rotatable bonds is 5. The van der Waals surface area contributed by atoms with E-state index in [1.54, 1.807) is 12.1 Å². The van der Waals surface area contributed by atoms with Gasteiger partial charge in [-0.1, -0.05) is 0 Å². The van der Waals surface area contributed by atoms with Gasteiger partial charge in [0.25, 0.3) is 0 Å². The van der Waals surface area contributed by atoms with Gasteiger partial charge in [-0.2, -0.15) is 13.2 Å². The molecule has 2 rings (SSSR count). The molecule has 6 nitrogen and oxygen atoms in total. The summed E-state index contributed by atoms with van der Waals surface area (Å²) in [5.41, 5.74) is -0.00559. The summed E-state index contributed by atoms with van der Waals surface area (Å²) in [4.78, 5) is 8.62. The summed E-state index contributed by atoms with van der Waals surface area (Å²) < 4.78 is 49.6. The number of alkyl halides is 3. The minimum atomic E-state index is -4.71. The highest BCUT2D eigenvalue weighted by atomic mass is 19.4. The van der Waals surface area contributed by atoms with Crippen LogP contribution >= 0.6 is 0 Å². The number of nitrogens with zero attached hydrogens (tertiary/aromatic N) is 3. The fraction of sp³-hybridized carbons (Fsp3) is 0.429. The molecule has 23 heavy (non-hydrogen) atoms. The fourth-order valence-corrected chi connectivity index (χ4v) is 2.17. The van der Waals surface area contributed by atoms with E-state index in [-0.39, 0.29) is 36.0 Å². The quantitative estimate of drug-likeness (QED) is 0.905. The number of benzene rings is 1. The second kappa shape index (κ2) is 6.45. The van der Waals surface area contributed by atoms with Crippen molar-refractivity contribution < 1.29 is 27.8 Å². The SMILES string of the molecule is COc1ccc2c(N(C)CCO)nc(C(F)(F)F)nc2c1OC. The minimum absolute atomic E-state index is 0.00559. The maximum Gasteiger partial charge on any atom is 0.451 e. The lowest BCUT2D eigenvalue weighted by molar-refractivity contribution is -0.144. The number of fused-ring (bicyclic) bond motifs is 1. The Morgan fingerprint density at radius 2 is 1.87 bits per heavy atom. The van der Waals surface area contributed by atoms with E-state index >= 15 is 0 Å². The van der Waals surface area contributed by atoms with Crippen LogP contribution < -0.4 is 14.4 Å². The second-order valence-corrected chi connectivity index (χ2v) is 4.71. The van der Waals surface area contributed by atoms with Crippen molar-refractivity contribution in [2.45, 2.75) is 6.18 Å². The highest BCUT2D eigenvalue weighted by Crippen LogP contribution is 2.39. The zero-order chi connectivity index (χ0) is 17.2. The van der Waals surface area contributed by atoms with Crippen LogP contribution in [0, 0.1) is 0 Å². The number of anilines is 1. The van der Waals surface area contributed by atoms with E-state index in [0.29, 0.717) is 5.39 Å². The summed E-state index contributed by atoms with van der Waals surface area (Å²) in [7, 11) is 4.24. The van der Waals surface area contributed by atoms with Crippen LogP contribution in [0.1, 0.15) is 5.82 Å². The second-order valence-electron chi connectivity index (χ2n) is 4.71. The molecule has 1 heterocycles. The van der Waals surface area contributed by atoms with Crippen molar-refractivity contribution in [3.8, 4) is 11.5 Å². The number of methoxy groups -OCH3 is 2. The highest BCUT2D eigenvalue weighted by Gasteiger charge is 2.36. The average Bonchev–Trinajstić information content (AvgIpc) is 2.51. The molecule has 0 aliphatic heterocycles. The van der Waals surface area contributed by atoms with Crippen LogP contribution in [0.2, 0.25) is 0 Å². The first-order valence-corrected chi connectivity index (χ1v) is 6.65. The number of aliphatic hydroxyl groups is 1. The van der Waals surface area contributed by atoms with Crippen molar-refractivity contribution in [3.05, 3.63) is 18.0 Å². The van der Waals surface area contributed by atoms with E-state index in [4.69, 9.17) is 14.6 Å². The summed E-state index contributed by atoms with van der Waals surface area (Å²) in [5, 5.41) is 9.40. The zero-order valence-corrected chi connectivity index (χ0v) is 12.8. The third kappa shape index (κ3) is 3.24. The van der Waals surface area contributed by atoms with Crippen molar-refractivity contribution in [2.24, 2.45) is 0 Å². The highest BCUT2D eigenvalue weighted by molar-refractivity contribution is 5.95. The molecule has 1 aromatic carbocycles. The van der Waals surface area contributed by atoms with Crippen molar-refractivity contribution in [1.29, 1.82) is 0 Å². The summed E-state index contributed by atoms with van der Waals surface area (Å²) in [5.74, 6) is -0.868. The van der Waals surface area contributed by atoms with Crippen molar-refractivity contribution >= 4 is 16.7 Å². The largest absolute Gasteiger partial charge is 0.493 e. The standard InChI is InChI=1S/C14H16F3N3O3/c1-20(6-7-21)12-8-4-5-9(22-2)11(23-3)10(8)18-13(19-12)14(15,16)17/h4-5,21H,6-7H2,1-3H3. The minimum Gasteiger partial charge on any atom is -0.493 e. The molecular formula is C14H16F3N3O3. The molecule has 2 aromatic rings. The van der Waals surface area contributed by atoms with Crippen molar-refractivity contribution in [2.75, 3.05) is 39.3 Å². The first kappa shape index (κ1) is 17.1. The number of ether oxygens (including phenoxy) is 2. The van der Waals surface area contributed by atoms with Crippen LogP contribution in [0.15, 0.2) is 12.1 Å². The van der Waals surface area contributed by atoms with Gasteiger partial charge in [-0.25, -0.2) is 9.97 Å². The lowest BCUT2D eigenvalue weighted by atomic mass is 10.2. The van der Waals surface area contributed by atoms with Gasteiger partial charge in [0, 0.05) is 19.0 Å². The van der Waals surface area contributed by atoms with Gasteiger partial charge >= 0.3 is 6.18 Å². The van der Waals surface area contributed by atoms with E-state index in [9.17, 15) is 13.2 Å². The molecule has 0 radical (unpaired) electrons. The maximum atomic E-state index is 13.1. The number of halogens is 3. The van der Waals surface area contributed by atoms with E-state index in [1.165, 1.54) is 26.2 Å². The number of aliphatic hydroxyl groups excluding tert-OH is 1. The van der Waals surface area contributed by atoms with Crippen LogP contribution in [0.5, 0.6) is 11.5 Å². The zero-order valence-electron chi connectivity index (χ0n) is 12.8. The van der Waals surface area contributed by atoms with Crippen LogP contribution in [-0.4, -0.2) is 49.5 Å². The lowest BCUT2D eigenvalue weighted by Gasteiger charge is -2.21. The van der Waals surface area contributed by atoms with Crippen LogP contribution in [0.4, 0.5) is 19.0 Å². The van der Waals surface area contributed by atoms with Gasteiger partial charge in [0.05, 0.1) is 20.8 Å². The first-order valence-electron chi connectivity index (χ1n) is 6.65. The summed E-state index contributed by atoms with van der Waals surface area (Å²) >= 11 is 0. The molecule has 9 heteroatoms. The molecule has 0 aliphatic rings. The van der Waals surface area contributed by atoms with Crippen LogP contribution in [-0.2, 0) is 6.18 Å². The van der Waals surface area contributed by atoms with E-state index in [2.05, 4.69) is 9.97 Å². The van der Waals surface area contributed by atoms with E-state index in [0.717, 1.165) is 0 Å². The third-order valence-corrected chi connectivity index (χ3v) is 3.24. The van der Waals surface area contributed by atoms with Gasteiger partial charge < -0.3 is 19.5 Å². The Labute approximate surface area is 130 Å². The Balaban J connectivity index is 2.82. The van der Waals surface area contributed by atoms with Crippen LogP contribution in [0.3, 0.4) is 0 Å². The Bertz CT molecular complexity index is 707. The number of aromatic nitrogens is 2. The Morgan fingerprint density at radius 1 is 1.17 bits per heavy atom. The number of hydrogen-bond donors (Lipinski definition) is 1. The molecule has 0 fully saturated rings. The number of hydrogen-bond acceptors (Lipinski definition) is 6. The van der Waals surface area contributed by atoms with Gasteiger partial charge in [0.15, 0.2) is 11.5 Å². The van der Waals surface area contributed by atoms with E-state index < -0.39 is 12.0 Å². The molecule has 0 amide bonds. The molecule has 1 aromatic heterocycles. The maximum absolute atomic E-state index is 13.1. The topological polar surface area (TPSA) is 67.7 Å². The Hall–Kier alpha value is -2.29. The predicted octanol–water partition coefficient (Wildman–Crippen LogP) is 2.09. The molecule has 0 atom stereocenters. The summed E-state index contributed by atoms with van der Waals surface area (Å²) in [6.07, 6.45) is -4.71. The molecule has 1 N–H and O–H groups in total. The van der Waals surface area contributed by atoms with Crippen molar-refractivity contribution in [3.63, 3.8) is 0 Å².